The van der Waals surface area contributed by atoms with Crippen molar-refractivity contribution in [3.63, 3.8) is 0 Å². The molecule has 0 aliphatic carbocycles. The molecule has 0 spiro atoms. The zero-order chi connectivity index (χ0) is 22.8. The van der Waals surface area contributed by atoms with Gasteiger partial charge >= 0.3 is 0 Å². The number of non-ortho nitro benzene ring substituents is 1. The minimum atomic E-state index is -3.90. The third kappa shape index (κ3) is 4.72. The van der Waals surface area contributed by atoms with Gasteiger partial charge in [0.2, 0.25) is 0 Å². The first kappa shape index (κ1) is 22.0. The number of hydrogen-bond donors (Lipinski definition) is 1. The summed E-state index contributed by atoms with van der Waals surface area (Å²) in [5.74, 6) is -0.571. The summed E-state index contributed by atoms with van der Waals surface area (Å²) in [6.07, 6.45) is 0. The standard InChI is InChI=1S/C22H21N3O5S/c1-15-7-10-18(11-8-15)24(3)31(29,30)20-6-4-5-17(13-20)22(26)23-21-14-19(25(27)28)12-9-16(21)2/h4-14H,1-3H3,(H,23,26). The molecule has 0 aromatic heterocycles. The maximum atomic E-state index is 13.0. The Morgan fingerprint density at radius 1 is 1.00 bits per heavy atom. The predicted molar refractivity (Wildman–Crippen MR) is 119 cm³/mol. The maximum absolute atomic E-state index is 13.0. The number of nitrogens with one attached hydrogen (secondary N) is 1. The fraction of sp³-hybridized carbons (Fsp3) is 0.136. The highest BCUT2D eigenvalue weighted by molar-refractivity contribution is 7.92. The van der Waals surface area contributed by atoms with Gasteiger partial charge in [0.1, 0.15) is 0 Å². The van der Waals surface area contributed by atoms with Gasteiger partial charge in [0, 0.05) is 24.7 Å². The van der Waals surface area contributed by atoms with Gasteiger partial charge in [-0.05, 0) is 49.7 Å². The van der Waals surface area contributed by atoms with Crippen molar-refractivity contribution >= 4 is 33.0 Å². The number of aryl methyl sites for hydroxylation is 2. The van der Waals surface area contributed by atoms with Crippen molar-refractivity contribution in [3.8, 4) is 0 Å². The maximum Gasteiger partial charge on any atom is 0.271 e. The Hall–Kier alpha value is -3.72. The summed E-state index contributed by atoms with van der Waals surface area (Å²) in [4.78, 5) is 23.1. The normalized spacial score (nSPS) is 11.1. The number of benzene rings is 3. The van der Waals surface area contributed by atoms with E-state index in [1.54, 1.807) is 19.1 Å². The third-order valence-corrected chi connectivity index (χ3v) is 6.61. The van der Waals surface area contributed by atoms with Gasteiger partial charge in [-0.25, -0.2) is 8.42 Å². The molecule has 31 heavy (non-hydrogen) atoms. The number of nitro benzene ring substituents is 1. The summed E-state index contributed by atoms with van der Waals surface area (Å²) in [5, 5.41) is 13.6. The van der Waals surface area contributed by atoms with Gasteiger partial charge in [0.15, 0.2) is 0 Å². The van der Waals surface area contributed by atoms with E-state index in [9.17, 15) is 23.3 Å². The summed E-state index contributed by atoms with van der Waals surface area (Å²) < 4.78 is 27.2. The minimum Gasteiger partial charge on any atom is -0.321 e. The fourth-order valence-electron chi connectivity index (χ4n) is 2.90. The minimum absolute atomic E-state index is 0.0426. The zero-order valence-electron chi connectivity index (χ0n) is 17.2. The molecule has 8 nitrogen and oxygen atoms in total. The van der Waals surface area contributed by atoms with E-state index < -0.39 is 20.9 Å². The number of amides is 1. The van der Waals surface area contributed by atoms with Crippen LogP contribution in [0.25, 0.3) is 0 Å². The first-order valence-corrected chi connectivity index (χ1v) is 10.8. The van der Waals surface area contributed by atoms with E-state index >= 15 is 0 Å². The van der Waals surface area contributed by atoms with E-state index in [1.165, 1.54) is 49.5 Å². The molecule has 0 fully saturated rings. The van der Waals surface area contributed by atoms with Crippen molar-refractivity contribution in [2.75, 3.05) is 16.7 Å². The number of carbonyl (C=O) groups is 1. The van der Waals surface area contributed by atoms with Gasteiger partial charge in [0.25, 0.3) is 21.6 Å². The number of anilines is 2. The largest absolute Gasteiger partial charge is 0.321 e. The van der Waals surface area contributed by atoms with Crippen LogP contribution in [0.2, 0.25) is 0 Å². The number of nitro groups is 1. The van der Waals surface area contributed by atoms with Crippen LogP contribution in [0, 0.1) is 24.0 Å². The van der Waals surface area contributed by atoms with Gasteiger partial charge in [-0.1, -0.05) is 29.8 Å². The van der Waals surface area contributed by atoms with Crippen molar-refractivity contribution in [1.82, 2.24) is 0 Å². The summed E-state index contributed by atoms with van der Waals surface area (Å²) in [6.45, 7) is 3.61. The predicted octanol–water partition coefficient (Wildman–Crippen LogP) is 4.29. The molecule has 0 unspecified atom stereocenters. The van der Waals surface area contributed by atoms with Crippen molar-refractivity contribution in [3.05, 3.63) is 93.5 Å². The molecule has 0 atom stereocenters. The lowest BCUT2D eigenvalue weighted by Crippen LogP contribution is -2.26. The van der Waals surface area contributed by atoms with Gasteiger partial charge in [-0.15, -0.1) is 0 Å². The van der Waals surface area contributed by atoms with E-state index in [0.717, 1.165) is 9.87 Å². The fourth-order valence-corrected chi connectivity index (χ4v) is 4.14. The van der Waals surface area contributed by atoms with Crippen LogP contribution in [0.3, 0.4) is 0 Å². The molecule has 160 valence electrons. The van der Waals surface area contributed by atoms with Crippen molar-refractivity contribution in [2.45, 2.75) is 18.7 Å². The smallest absolute Gasteiger partial charge is 0.271 e. The van der Waals surface area contributed by atoms with Crippen molar-refractivity contribution in [1.29, 1.82) is 0 Å². The molecule has 3 aromatic rings. The molecule has 3 rings (SSSR count). The average Bonchev–Trinajstić information content (AvgIpc) is 2.75. The molecular weight excluding hydrogens is 418 g/mol. The van der Waals surface area contributed by atoms with Crippen LogP contribution < -0.4 is 9.62 Å². The first-order valence-electron chi connectivity index (χ1n) is 9.31. The third-order valence-electron chi connectivity index (χ3n) is 4.83. The summed E-state index contributed by atoms with van der Waals surface area (Å²) in [7, 11) is -2.45. The molecule has 0 bridgehead atoms. The Bertz CT molecular complexity index is 1250. The highest BCUT2D eigenvalue weighted by atomic mass is 32.2. The Morgan fingerprint density at radius 3 is 2.32 bits per heavy atom. The lowest BCUT2D eigenvalue weighted by molar-refractivity contribution is -0.384. The SMILES string of the molecule is Cc1ccc(N(C)S(=O)(=O)c2cccc(C(=O)Nc3cc([N+](=O)[O-])ccc3C)c2)cc1. The second-order valence-electron chi connectivity index (χ2n) is 7.05. The van der Waals surface area contributed by atoms with Gasteiger partial charge in [-0.3, -0.25) is 19.2 Å². The van der Waals surface area contributed by atoms with Gasteiger partial charge in [-0.2, -0.15) is 0 Å². The van der Waals surface area contributed by atoms with Crippen LogP contribution in [0.5, 0.6) is 0 Å². The average molecular weight is 439 g/mol. The first-order chi connectivity index (χ1) is 14.6. The van der Waals surface area contributed by atoms with Crippen LogP contribution in [-0.4, -0.2) is 26.3 Å². The summed E-state index contributed by atoms with van der Waals surface area (Å²) in [6, 6.07) is 16.8. The van der Waals surface area contributed by atoms with Gasteiger partial charge < -0.3 is 5.32 Å². The quantitative estimate of drug-likeness (QED) is 0.455. The summed E-state index contributed by atoms with van der Waals surface area (Å²) >= 11 is 0. The second kappa shape index (κ2) is 8.57. The van der Waals surface area contributed by atoms with E-state index in [4.69, 9.17) is 0 Å². The van der Waals surface area contributed by atoms with Crippen LogP contribution in [0.1, 0.15) is 21.5 Å². The number of hydrogen-bond acceptors (Lipinski definition) is 5. The highest BCUT2D eigenvalue weighted by Gasteiger charge is 2.23. The molecular formula is C22H21N3O5S. The zero-order valence-corrected chi connectivity index (χ0v) is 18.0. The van der Waals surface area contributed by atoms with Crippen LogP contribution in [0.15, 0.2) is 71.6 Å². The molecule has 1 N–H and O–H groups in total. The monoisotopic (exact) mass is 439 g/mol. The molecule has 0 radical (unpaired) electrons. The van der Waals surface area contributed by atoms with Crippen LogP contribution in [0.4, 0.5) is 17.1 Å². The highest BCUT2D eigenvalue weighted by Crippen LogP contribution is 2.25. The van der Waals surface area contributed by atoms with Crippen molar-refractivity contribution < 1.29 is 18.1 Å². The van der Waals surface area contributed by atoms with E-state index in [-0.39, 0.29) is 21.8 Å². The number of carbonyl (C=O) groups excluding carboxylic acids is 1. The lowest BCUT2D eigenvalue weighted by atomic mass is 10.1. The molecule has 3 aromatic carbocycles. The Balaban J connectivity index is 1.89. The molecule has 0 heterocycles. The summed E-state index contributed by atoms with van der Waals surface area (Å²) in [5.41, 5.74) is 2.38. The van der Waals surface area contributed by atoms with E-state index in [2.05, 4.69) is 5.32 Å². The second-order valence-corrected chi connectivity index (χ2v) is 9.02. The molecule has 1 amide bonds. The van der Waals surface area contributed by atoms with E-state index in [1.807, 2.05) is 19.1 Å². The Morgan fingerprint density at radius 2 is 1.68 bits per heavy atom. The molecule has 0 saturated carbocycles. The van der Waals surface area contributed by atoms with Crippen molar-refractivity contribution in [2.24, 2.45) is 0 Å². The molecule has 0 aliphatic heterocycles. The number of rotatable bonds is 6. The molecule has 0 aliphatic rings. The Kier molecular flexibility index (Phi) is 6.07. The molecule has 9 heteroatoms. The molecule has 0 saturated heterocycles. The van der Waals surface area contributed by atoms with Crippen LogP contribution >= 0.6 is 0 Å². The van der Waals surface area contributed by atoms with Crippen LogP contribution in [-0.2, 0) is 10.0 Å². The number of sulfonamides is 1. The lowest BCUT2D eigenvalue weighted by Gasteiger charge is -2.20. The topological polar surface area (TPSA) is 110 Å². The van der Waals surface area contributed by atoms with Gasteiger partial charge in [0.05, 0.1) is 21.2 Å². The Labute approximate surface area is 180 Å². The number of nitrogens with zero attached hydrogens (tertiary/aromatic N) is 2. The van der Waals surface area contributed by atoms with E-state index in [0.29, 0.717) is 11.3 Å².